The lowest BCUT2D eigenvalue weighted by Crippen LogP contribution is -2.56. The first-order valence-electron chi connectivity index (χ1n) is 6.74. The van der Waals surface area contributed by atoms with Gasteiger partial charge in [-0.25, -0.2) is 0 Å². The van der Waals surface area contributed by atoms with Crippen molar-refractivity contribution in [3.63, 3.8) is 0 Å². The Morgan fingerprint density at radius 1 is 1.56 bits per heavy atom. The smallest absolute Gasteiger partial charge is 0.240 e. The lowest BCUT2D eigenvalue weighted by Gasteiger charge is -2.33. The number of carbonyl (C=O) groups is 1. The number of carbonyl (C=O) groups excluding carboxylic acids is 1. The maximum Gasteiger partial charge on any atom is 0.240 e. The quantitative estimate of drug-likeness (QED) is 0.879. The highest BCUT2D eigenvalue weighted by molar-refractivity contribution is 7.10. The fourth-order valence-electron chi connectivity index (χ4n) is 2.44. The van der Waals surface area contributed by atoms with Gasteiger partial charge < -0.3 is 10.6 Å². The Morgan fingerprint density at radius 2 is 2.39 bits per heavy atom. The molecule has 2 heterocycles. The monoisotopic (exact) mass is 266 g/mol. The molecule has 3 nitrogen and oxygen atoms in total. The number of thiophene rings is 1. The number of nitrogens with one attached hydrogen (secondary N) is 2. The van der Waals surface area contributed by atoms with E-state index in [1.54, 1.807) is 11.3 Å². The molecule has 2 rings (SSSR count). The zero-order valence-corrected chi connectivity index (χ0v) is 12.0. The highest BCUT2D eigenvalue weighted by atomic mass is 32.1. The molecule has 0 bridgehead atoms. The van der Waals surface area contributed by atoms with Crippen LogP contribution in [-0.2, 0) is 17.8 Å². The van der Waals surface area contributed by atoms with E-state index < -0.39 is 0 Å². The molecule has 1 aliphatic rings. The average molecular weight is 266 g/mol. The Hall–Kier alpha value is -0.870. The summed E-state index contributed by atoms with van der Waals surface area (Å²) in [6.45, 7) is 5.77. The van der Waals surface area contributed by atoms with Crippen molar-refractivity contribution < 1.29 is 4.79 Å². The van der Waals surface area contributed by atoms with Crippen molar-refractivity contribution in [2.45, 2.75) is 51.6 Å². The van der Waals surface area contributed by atoms with E-state index in [-0.39, 0.29) is 11.4 Å². The van der Waals surface area contributed by atoms with E-state index in [4.69, 9.17) is 0 Å². The van der Waals surface area contributed by atoms with Gasteiger partial charge in [-0.2, -0.15) is 0 Å². The summed E-state index contributed by atoms with van der Waals surface area (Å²) < 4.78 is 0. The van der Waals surface area contributed by atoms with Crippen molar-refractivity contribution in [1.29, 1.82) is 0 Å². The summed E-state index contributed by atoms with van der Waals surface area (Å²) in [5.41, 5.74) is 0.976. The van der Waals surface area contributed by atoms with Crippen molar-refractivity contribution >= 4 is 17.2 Å². The summed E-state index contributed by atoms with van der Waals surface area (Å²) >= 11 is 1.73. The van der Waals surface area contributed by atoms with E-state index in [2.05, 4.69) is 29.0 Å². The molecular weight excluding hydrogens is 244 g/mol. The number of piperidine rings is 1. The topological polar surface area (TPSA) is 41.1 Å². The first kappa shape index (κ1) is 13.6. The van der Waals surface area contributed by atoms with E-state index in [9.17, 15) is 4.79 Å². The minimum atomic E-state index is -0.373. The van der Waals surface area contributed by atoms with Gasteiger partial charge in [0.2, 0.25) is 5.91 Å². The number of amides is 1. The minimum Gasteiger partial charge on any atom is -0.350 e. The third-order valence-electron chi connectivity index (χ3n) is 3.75. The molecule has 1 unspecified atom stereocenters. The minimum absolute atomic E-state index is 0.137. The van der Waals surface area contributed by atoms with Gasteiger partial charge in [0.25, 0.3) is 0 Å². The Kier molecular flexibility index (Phi) is 4.40. The molecule has 4 heteroatoms. The molecule has 0 spiro atoms. The number of hydrogen-bond acceptors (Lipinski definition) is 3. The first-order chi connectivity index (χ1) is 8.65. The average Bonchev–Trinajstić information content (AvgIpc) is 2.84. The summed E-state index contributed by atoms with van der Waals surface area (Å²) in [4.78, 5) is 13.5. The van der Waals surface area contributed by atoms with Crippen molar-refractivity contribution in [1.82, 2.24) is 10.6 Å². The lowest BCUT2D eigenvalue weighted by molar-refractivity contribution is -0.128. The highest BCUT2D eigenvalue weighted by Crippen LogP contribution is 2.20. The summed E-state index contributed by atoms with van der Waals surface area (Å²) in [5, 5.41) is 8.52. The Morgan fingerprint density at radius 3 is 3.06 bits per heavy atom. The SMILES string of the molecule is CCc1ccsc1CNC(=O)C1(C)CCCCN1. The van der Waals surface area contributed by atoms with Crippen LogP contribution < -0.4 is 10.6 Å². The van der Waals surface area contributed by atoms with Crippen LogP contribution in [0.3, 0.4) is 0 Å². The highest BCUT2D eigenvalue weighted by Gasteiger charge is 2.33. The third-order valence-corrected chi connectivity index (χ3v) is 4.71. The van der Waals surface area contributed by atoms with Gasteiger partial charge in [0.1, 0.15) is 0 Å². The number of hydrogen-bond donors (Lipinski definition) is 2. The zero-order chi connectivity index (χ0) is 13.0. The van der Waals surface area contributed by atoms with E-state index in [1.165, 1.54) is 16.9 Å². The molecule has 2 N–H and O–H groups in total. The second-order valence-electron chi connectivity index (χ2n) is 5.12. The van der Waals surface area contributed by atoms with E-state index in [0.29, 0.717) is 6.54 Å². The molecule has 0 aliphatic carbocycles. The van der Waals surface area contributed by atoms with Crippen LogP contribution in [0, 0.1) is 0 Å². The zero-order valence-electron chi connectivity index (χ0n) is 11.2. The maximum atomic E-state index is 12.2. The van der Waals surface area contributed by atoms with Crippen LogP contribution in [0.2, 0.25) is 0 Å². The Bertz CT molecular complexity index is 408. The van der Waals surface area contributed by atoms with Crippen LogP contribution in [0.15, 0.2) is 11.4 Å². The standard InChI is InChI=1S/C14H22N2OS/c1-3-11-6-9-18-12(11)10-15-13(17)14(2)7-4-5-8-16-14/h6,9,16H,3-5,7-8,10H2,1-2H3,(H,15,17). The summed E-state index contributed by atoms with van der Waals surface area (Å²) in [6.07, 6.45) is 4.28. The van der Waals surface area contributed by atoms with Gasteiger partial charge in [0, 0.05) is 4.88 Å². The largest absolute Gasteiger partial charge is 0.350 e. The van der Waals surface area contributed by atoms with Crippen LogP contribution in [0.25, 0.3) is 0 Å². The molecule has 0 saturated carbocycles. The summed E-state index contributed by atoms with van der Waals surface area (Å²) in [6, 6.07) is 2.15. The normalized spacial score (nSPS) is 23.9. The van der Waals surface area contributed by atoms with Crippen molar-refractivity contribution in [2.75, 3.05) is 6.54 Å². The Balaban J connectivity index is 1.91. The molecule has 1 atom stereocenters. The van der Waals surface area contributed by atoms with E-state index in [0.717, 1.165) is 25.8 Å². The fraction of sp³-hybridized carbons (Fsp3) is 0.643. The number of rotatable bonds is 4. The second kappa shape index (κ2) is 5.85. The van der Waals surface area contributed by atoms with E-state index in [1.807, 2.05) is 6.92 Å². The van der Waals surface area contributed by atoms with Crippen LogP contribution >= 0.6 is 11.3 Å². The molecule has 0 aromatic carbocycles. The first-order valence-corrected chi connectivity index (χ1v) is 7.62. The van der Waals surface area contributed by atoms with Crippen LogP contribution in [0.1, 0.15) is 43.6 Å². The van der Waals surface area contributed by atoms with Crippen molar-refractivity contribution in [3.05, 3.63) is 21.9 Å². The maximum absolute atomic E-state index is 12.2. The van der Waals surface area contributed by atoms with Crippen LogP contribution in [0.4, 0.5) is 0 Å². The van der Waals surface area contributed by atoms with Gasteiger partial charge in [0.15, 0.2) is 0 Å². The van der Waals surface area contributed by atoms with Gasteiger partial charge in [0.05, 0.1) is 12.1 Å². The second-order valence-corrected chi connectivity index (χ2v) is 6.12. The summed E-state index contributed by atoms with van der Waals surface area (Å²) in [7, 11) is 0. The van der Waals surface area contributed by atoms with Gasteiger partial charge in [-0.3, -0.25) is 4.79 Å². The molecular formula is C14H22N2OS. The molecule has 18 heavy (non-hydrogen) atoms. The van der Waals surface area contributed by atoms with Gasteiger partial charge in [-0.15, -0.1) is 11.3 Å². The molecule has 1 amide bonds. The van der Waals surface area contributed by atoms with Gasteiger partial charge in [-0.05, 0) is 56.2 Å². The van der Waals surface area contributed by atoms with Crippen molar-refractivity contribution in [3.8, 4) is 0 Å². The predicted molar refractivity (Wildman–Crippen MR) is 75.8 cm³/mol. The van der Waals surface area contributed by atoms with Crippen LogP contribution in [0.5, 0.6) is 0 Å². The summed E-state index contributed by atoms with van der Waals surface area (Å²) in [5.74, 6) is 0.137. The lowest BCUT2D eigenvalue weighted by atomic mass is 9.90. The van der Waals surface area contributed by atoms with Crippen LogP contribution in [-0.4, -0.2) is 18.0 Å². The van der Waals surface area contributed by atoms with E-state index >= 15 is 0 Å². The van der Waals surface area contributed by atoms with Gasteiger partial charge >= 0.3 is 0 Å². The molecule has 0 radical (unpaired) electrons. The third kappa shape index (κ3) is 2.93. The molecule has 1 fully saturated rings. The molecule has 1 aromatic rings. The molecule has 1 aromatic heterocycles. The molecule has 1 aliphatic heterocycles. The van der Waals surface area contributed by atoms with Crippen molar-refractivity contribution in [2.24, 2.45) is 0 Å². The molecule has 1 saturated heterocycles. The number of aryl methyl sites for hydroxylation is 1. The van der Waals surface area contributed by atoms with Gasteiger partial charge in [-0.1, -0.05) is 6.92 Å². The molecule has 100 valence electrons. The fourth-order valence-corrected chi connectivity index (χ4v) is 3.36. The predicted octanol–water partition coefficient (Wildman–Crippen LogP) is 2.46. The Labute approximate surface area is 113 Å².